The van der Waals surface area contributed by atoms with E-state index in [0.29, 0.717) is 30.0 Å². The Bertz CT molecular complexity index is 2010. The molecule has 5 aromatic rings. The zero-order chi connectivity index (χ0) is 34.2. The number of hydrogen-bond donors (Lipinski definition) is 2. The molecule has 9 nitrogen and oxygen atoms in total. The van der Waals surface area contributed by atoms with Crippen LogP contribution in [0, 0.1) is 18.6 Å². The number of nitrogens with zero attached hydrogens (tertiary/aromatic N) is 5. The number of halogens is 2. The van der Waals surface area contributed by atoms with Crippen LogP contribution in [-0.4, -0.2) is 67.5 Å². The molecule has 0 bridgehead atoms. The van der Waals surface area contributed by atoms with Crippen molar-refractivity contribution < 1.29 is 18.4 Å². The summed E-state index contributed by atoms with van der Waals surface area (Å²) in [5, 5.41) is 8.11. The molecule has 49 heavy (non-hydrogen) atoms. The smallest absolute Gasteiger partial charge is 0.251 e. The number of carbonyl (C=O) groups is 2. The van der Waals surface area contributed by atoms with Gasteiger partial charge in [0, 0.05) is 67.5 Å². The number of amides is 2. The van der Waals surface area contributed by atoms with Gasteiger partial charge in [-0.25, -0.2) is 13.8 Å². The number of likely N-dealkylation sites (tertiary alicyclic amines) is 1. The number of aryl methyl sites for hydroxylation is 2. The van der Waals surface area contributed by atoms with E-state index in [1.807, 2.05) is 30.0 Å². The second-order valence-electron chi connectivity index (χ2n) is 13.3. The van der Waals surface area contributed by atoms with Gasteiger partial charge < -0.3 is 20.1 Å². The molecule has 254 valence electrons. The number of aromatic amines is 1. The highest BCUT2D eigenvalue weighted by molar-refractivity contribution is 5.96. The Morgan fingerprint density at radius 2 is 1.78 bits per heavy atom. The molecule has 0 spiro atoms. The molecule has 3 aromatic carbocycles. The number of benzene rings is 3. The first-order valence-electron chi connectivity index (χ1n) is 17.1. The van der Waals surface area contributed by atoms with Crippen molar-refractivity contribution in [1.29, 1.82) is 0 Å². The van der Waals surface area contributed by atoms with Crippen LogP contribution in [0.2, 0.25) is 0 Å². The molecule has 1 atom stereocenters. The first-order valence-corrected chi connectivity index (χ1v) is 17.1. The van der Waals surface area contributed by atoms with Crippen molar-refractivity contribution in [3.05, 3.63) is 94.4 Å². The van der Waals surface area contributed by atoms with Gasteiger partial charge in [0.1, 0.15) is 5.82 Å². The molecule has 2 aromatic heterocycles. The summed E-state index contributed by atoms with van der Waals surface area (Å²) in [6, 6.07) is 15.3. The normalized spacial score (nSPS) is 15.5. The number of fused-ring (bicyclic) bond motifs is 2. The molecule has 2 aliphatic rings. The van der Waals surface area contributed by atoms with Crippen LogP contribution < -0.4 is 5.32 Å². The lowest BCUT2D eigenvalue weighted by atomic mass is 9.94. The predicted octanol–water partition coefficient (Wildman–Crippen LogP) is 6.56. The first-order chi connectivity index (χ1) is 23.6. The summed E-state index contributed by atoms with van der Waals surface area (Å²) in [7, 11) is 0. The second kappa shape index (κ2) is 13.5. The first kappa shape index (κ1) is 32.6. The second-order valence-corrected chi connectivity index (χ2v) is 13.3. The fourth-order valence-electron chi connectivity index (χ4n) is 7.11. The molecule has 4 heterocycles. The minimum absolute atomic E-state index is 0.0653. The van der Waals surface area contributed by atoms with Crippen molar-refractivity contribution in [3.63, 3.8) is 0 Å². The maximum atomic E-state index is 13.7. The SMILES string of the molecule is CC(=O)N1CCc2c(c(-c3ccc(C)c(-c4cccc(C(=O)N[C@@H](C)c5nc6cc(F)c(F)cc6[nH]5)c4)c3)nn2CCCN2CCCC2)C1. The van der Waals surface area contributed by atoms with Gasteiger partial charge in [-0.15, -0.1) is 0 Å². The monoisotopic (exact) mass is 665 g/mol. The summed E-state index contributed by atoms with van der Waals surface area (Å²) < 4.78 is 29.6. The third-order valence-corrected chi connectivity index (χ3v) is 9.87. The van der Waals surface area contributed by atoms with Crippen LogP contribution in [0.25, 0.3) is 33.4 Å². The number of imidazole rings is 1. The highest BCUT2D eigenvalue weighted by Crippen LogP contribution is 2.34. The minimum Gasteiger partial charge on any atom is -0.342 e. The molecule has 11 heteroatoms. The molecule has 0 aliphatic carbocycles. The summed E-state index contributed by atoms with van der Waals surface area (Å²) in [6.07, 6.45) is 4.37. The lowest BCUT2D eigenvalue weighted by Crippen LogP contribution is -2.34. The summed E-state index contributed by atoms with van der Waals surface area (Å²) in [6.45, 7) is 10.9. The van der Waals surface area contributed by atoms with E-state index in [4.69, 9.17) is 5.10 Å². The average molecular weight is 666 g/mol. The fourth-order valence-corrected chi connectivity index (χ4v) is 7.11. The van der Waals surface area contributed by atoms with Crippen LogP contribution in [0.5, 0.6) is 0 Å². The van der Waals surface area contributed by atoms with Crippen molar-refractivity contribution >= 4 is 22.8 Å². The molecule has 1 fully saturated rings. The van der Waals surface area contributed by atoms with Gasteiger partial charge in [-0.05, 0) is 87.6 Å². The number of hydrogen-bond acceptors (Lipinski definition) is 5. The molecule has 0 saturated carbocycles. The Morgan fingerprint density at radius 1 is 0.980 bits per heavy atom. The van der Waals surface area contributed by atoms with E-state index in [1.54, 1.807) is 19.9 Å². The Labute approximate surface area is 284 Å². The van der Waals surface area contributed by atoms with Gasteiger partial charge in [0.25, 0.3) is 5.91 Å². The van der Waals surface area contributed by atoms with E-state index in [0.717, 1.165) is 71.6 Å². The maximum absolute atomic E-state index is 13.7. The third-order valence-electron chi connectivity index (χ3n) is 9.87. The molecule has 0 unspecified atom stereocenters. The summed E-state index contributed by atoms with van der Waals surface area (Å²) in [4.78, 5) is 37.5. The Balaban J connectivity index is 1.14. The fraction of sp³-hybridized carbons (Fsp3) is 0.368. The topological polar surface area (TPSA) is 99.1 Å². The van der Waals surface area contributed by atoms with E-state index < -0.39 is 17.7 Å². The number of aromatic nitrogens is 4. The predicted molar refractivity (Wildman–Crippen MR) is 185 cm³/mol. The van der Waals surface area contributed by atoms with Crippen molar-refractivity contribution in [1.82, 2.24) is 34.9 Å². The molecule has 7 rings (SSSR count). The number of nitrogens with one attached hydrogen (secondary N) is 2. The third kappa shape index (κ3) is 6.72. The van der Waals surface area contributed by atoms with Crippen LogP contribution in [0.15, 0.2) is 54.6 Å². The number of rotatable bonds is 9. The molecule has 2 aliphatic heterocycles. The van der Waals surface area contributed by atoms with Crippen molar-refractivity contribution in [3.8, 4) is 22.4 Å². The molecule has 0 radical (unpaired) electrons. The van der Waals surface area contributed by atoms with E-state index in [-0.39, 0.29) is 17.3 Å². The van der Waals surface area contributed by atoms with Crippen LogP contribution in [0.3, 0.4) is 0 Å². The highest BCUT2D eigenvalue weighted by atomic mass is 19.2. The van der Waals surface area contributed by atoms with Gasteiger partial charge in [-0.2, -0.15) is 5.10 Å². The average Bonchev–Trinajstić information content (AvgIpc) is 3.85. The van der Waals surface area contributed by atoms with Crippen molar-refractivity contribution in [2.24, 2.45) is 0 Å². The molecule has 2 amide bonds. The van der Waals surface area contributed by atoms with Crippen molar-refractivity contribution in [2.75, 3.05) is 26.2 Å². The zero-order valence-corrected chi connectivity index (χ0v) is 28.2. The van der Waals surface area contributed by atoms with Gasteiger partial charge >= 0.3 is 0 Å². The Morgan fingerprint density at radius 3 is 2.57 bits per heavy atom. The standard InChI is InChI=1S/C38H41F2N7O2/c1-23-10-11-27(36-30-22-46(25(3)48)17-12-35(30)47(44-36)16-7-15-45-13-4-5-14-45)19-29(23)26-8-6-9-28(18-26)38(49)41-24(2)37-42-33-20-31(39)32(40)21-34(33)43-37/h6,8-11,18-21,24H,4-5,7,12-17,22H2,1-3H3,(H,41,49)(H,42,43)/t24-/m0/s1. The van der Waals surface area contributed by atoms with E-state index in [9.17, 15) is 18.4 Å². The number of H-pyrrole nitrogens is 1. The maximum Gasteiger partial charge on any atom is 0.251 e. The largest absolute Gasteiger partial charge is 0.342 e. The summed E-state index contributed by atoms with van der Waals surface area (Å²) in [5.74, 6) is -1.77. The van der Waals surface area contributed by atoms with Crippen LogP contribution in [0.4, 0.5) is 8.78 Å². The Kier molecular flexibility index (Phi) is 9.02. The lowest BCUT2D eigenvalue weighted by molar-refractivity contribution is -0.129. The Hall–Kier alpha value is -4.90. The minimum atomic E-state index is -0.974. The van der Waals surface area contributed by atoms with Gasteiger partial charge in [-0.1, -0.05) is 24.3 Å². The van der Waals surface area contributed by atoms with Gasteiger partial charge in [-0.3, -0.25) is 14.3 Å². The number of carbonyl (C=O) groups excluding carboxylic acids is 2. The van der Waals surface area contributed by atoms with Crippen LogP contribution >= 0.6 is 0 Å². The highest BCUT2D eigenvalue weighted by Gasteiger charge is 2.27. The molecular weight excluding hydrogens is 624 g/mol. The molecular formula is C38H41F2N7O2. The summed E-state index contributed by atoms with van der Waals surface area (Å²) >= 11 is 0. The summed E-state index contributed by atoms with van der Waals surface area (Å²) in [5.41, 5.74) is 8.23. The lowest BCUT2D eigenvalue weighted by Gasteiger charge is -2.27. The van der Waals surface area contributed by atoms with Crippen LogP contribution in [0.1, 0.15) is 72.2 Å². The van der Waals surface area contributed by atoms with E-state index in [2.05, 4.69) is 43.1 Å². The quantitative estimate of drug-likeness (QED) is 0.186. The van der Waals surface area contributed by atoms with E-state index in [1.165, 1.54) is 31.6 Å². The molecule has 1 saturated heterocycles. The zero-order valence-electron chi connectivity index (χ0n) is 28.2. The van der Waals surface area contributed by atoms with E-state index >= 15 is 0 Å². The van der Waals surface area contributed by atoms with Crippen LogP contribution in [-0.2, 0) is 24.3 Å². The molecule has 2 N–H and O–H groups in total. The van der Waals surface area contributed by atoms with Gasteiger partial charge in [0.2, 0.25) is 5.91 Å². The van der Waals surface area contributed by atoms with Gasteiger partial charge in [0.05, 0.1) is 22.8 Å². The van der Waals surface area contributed by atoms with Gasteiger partial charge in [0.15, 0.2) is 11.6 Å². The van der Waals surface area contributed by atoms with Crippen molar-refractivity contribution in [2.45, 2.75) is 65.6 Å².